The summed E-state index contributed by atoms with van der Waals surface area (Å²) >= 11 is 0. The molecule has 0 aliphatic rings. The Kier molecular flexibility index (Phi) is 5.76. The van der Waals surface area contributed by atoms with Crippen LogP contribution in [0.1, 0.15) is 15.9 Å². The molecule has 0 atom stereocenters. The van der Waals surface area contributed by atoms with Crippen molar-refractivity contribution in [2.24, 2.45) is 0 Å². The van der Waals surface area contributed by atoms with Crippen LogP contribution in [0, 0.1) is 6.92 Å². The van der Waals surface area contributed by atoms with E-state index >= 15 is 0 Å². The third kappa shape index (κ3) is 4.49. The first-order valence-electron chi connectivity index (χ1n) is 11.0. The third-order valence-corrected chi connectivity index (χ3v) is 5.68. The van der Waals surface area contributed by atoms with Gasteiger partial charge >= 0.3 is 0 Å². The van der Waals surface area contributed by atoms with Gasteiger partial charge in [0, 0.05) is 10.9 Å². The summed E-state index contributed by atoms with van der Waals surface area (Å²) in [5, 5.41) is 0.659. The van der Waals surface area contributed by atoms with Gasteiger partial charge in [0.2, 0.25) is 0 Å². The first kappa shape index (κ1) is 22.0. The standard InChI is InChI=1S/C27H21N5O3/c1-17-10-12-18(13-11-17)23-14-20(19-6-2-3-7-21(19)29-23)27(35)31-30-25(33)16-32-24-9-5-4-8-22(24)28-15-26(32)34/h2-15H,16H2,1H3,(H,30,33)(H,31,35). The molecule has 0 radical (unpaired) electrons. The molecule has 3 aromatic carbocycles. The number of pyridine rings is 1. The highest BCUT2D eigenvalue weighted by Gasteiger charge is 2.15. The van der Waals surface area contributed by atoms with Crippen LogP contribution in [-0.4, -0.2) is 26.3 Å². The quantitative estimate of drug-likeness (QED) is 0.398. The van der Waals surface area contributed by atoms with Crippen molar-refractivity contribution in [1.82, 2.24) is 25.4 Å². The molecular weight excluding hydrogens is 442 g/mol. The maximum Gasteiger partial charge on any atom is 0.270 e. The van der Waals surface area contributed by atoms with Crippen LogP contribution in [0.5, 0.6) is 0 Å². The molecule has 0 saturated heterocycles. The van der Waals surface area contributed by atoms with Gasteiger partial charge in [0.15, 0.2) is 0 Å². The van der Waals surface area contributed by atoms with E-state index in [9.17, 15) is 14.4 Å². The van der Waals surface area contributed by atoms with Crippen LogP contribution in [0.15, 0.2) is 89.9 Å². The summed E-state index contributed by atoms with van der Waals surface area (Å²) in [5.74, 6) is -1.04. The SMILES string of the molecule is Cc1ccc(-c2cc(C(=O)NNC(=O)Cn3c(=O)cnc4ccccc43)c3ccccc3n2)cc1. The lowest BCUT2D eigenvalue weighted by Gasteiger charge is -2.13. The molecule has 0 aliphatic heterocycles. The zero-order valence-electron chi connectivity index (χ0n) is 18.9. The zero-order chi connectivity index (χ0) is 24.4. The summed E-state index contributed by atoms with van der Waals surface area (Å²) in [5.41, 5.74) is 9.28. The second-order valence-corrected chi connectivity index (χ2v) is 8.11. The molecule has 0 aliphatic carbocycles. The average Bonchev–Trinajstić information content (AvgIpc) is 2.88. The second kappa shape index (κ2) is 9.18. The number of hydrogen-bond acceptors (Lipinski definition) is 5. The van der Waals surface area contributed by atoms with Gasteiger partial charge in [-0.1, -0.05) is 60.2 Å². The van der Waals surface area contributed by atoms with Gasteiger partial charge in [-0.05, 0) is 31.2 Å². The van der Waals surface area contributed by atoms with Gasteiger partial charge in [0.25, 0.3) is 17.4 Å². The molecule has 0 spiro atoms. The average molecular weight is 463 g/mol. The van der Waals surface area contributed by atoms with E-state index in [0.717, 1.165) is 11.1 Å². The number of aryl methyl sites for hydroxylation is 1. The molecule has 172 valence electrons. The van der Waals surface area contributed by atoms with Crippen molar-refractivity contribution >= 4 is 33.8 Å². The van der Waals surface area contributed by atoms with Gasteiger partial charge in [-0.25, -0.2) is 9.97 Å². The summed E-state index contributed by atoms with van der Waals surface area (Å²) in [6, 6.07) is 23.9. The van der Waals surface area contributed by atoms with Crippen molar-refractivity contribution in [2.45, 2.75) is 13.5 Å². The van der Waals surface area contributed by atoms with Crippen LogP contribution in [0.2, 0.25) is 0 Å². The minimum absolute atomic E-state index is 0.270. The Morgan fingerprint density at radius 2 is 1.60 bits per heavy atom. The minimum Gasteiger partial charge on any atom is -0.296 e. The smallest absolute Gasteiger partial charge is 0.270 e. The molecule has 2 aromatic heterocycles. The summed E-state index contributed by atoms with van der Waals surface area (Å²) in [6.45, 7) is 1.73. The topological polar surface area (TPSA) is 106 Å². The molecule has 35 heavy (non-hydrogen) atoms. The molecule has 5 rings (SSSR count). The molecule has 5 aromatic rings. The first-order chi connectivity index (χ1) is 17.0. The normalized spacial score (nSPS) is 10.9. The third-order valence-electron chi connectivity index (χ3n) is 5.68. The van der Waals surface area contributed by atoms with Crippen LogP contribution in [0.3, 0.4) is 0 Å². The number of para-hydroxylation sites is 3. The van der Waals surface area contributed by atoms with Crippen LogP contribution in [0.25, 0.3) is 33.2 Å². The van der Waals surface area contributed by atoms with E-state index in [1.807, 2.05) is 49.4 Å². The molecule has 2 N–H and O–H groups in total. The number of nitrogens with zero attached hydrogens (tertiary/aromatic N) is 3. The molecule has 0 fully saturated rings. The lowest BCUT2D eigenvalue weighted by molar-refractivity contribution is -0.122. The number of carbonyl (C=O) groups excluding carboxylic acids is 2. The number of rotatable bonds is 4. The van der Waals surface area contributed by atoms with Crippen LogP contribution >= 0.6 is 0 Å². The van der Waals surface area contributed by atoms with E-state index in [4.69, 9.17) is 4.98 Å². The first-order valence-corrected chi connectivity index (χ1v) is 11.0. The molecule has 0 saturated carbocycles. The molecule has 0 bridgehead atoms. The van der Waals surface area contributed by atoms with Gasteiger partial charge in [-0.15, -0.1) is 0 Å². The van der Waals surface area contributed by atoms with E-state index in [1.54, 1.807) is 36.4 Å². The Bertz CT molecular complexity index is 1640. The number of nitrogens with one attached hydrogen (secondary N) is 2. The van der Waals surface area contributed by atoms with Crippen molar-refractivity contribution < 1.29 is 9.59 Å². The van der Waals surface area contributed by atoms with E-state index in [-0.39, 0.29) is 6.54 Å². The predicted octanol–water partition coefficient (Wildman–Crippen LogP) is 3.38. The number of benzene rings is 3. The Morgan fingerprint density at radius 1 is 0.886 bits per heavy atom. The Morgan fingerprint density at radius 3 is 2.40 bits per heavy atom. The van der Waals surface area contributed by atoms with Crippen molar-refractivity contribution in [3.63, 3.8) is 0 Å². The maximum absolute atomic E-state index is 13.1. The fourth-order valence-corrected chi connectivity index (χ4v) is 3.89. The van der Waals surface area contributed by atoms with Crippen LogP contribution in [-0.2, 0) is 11.3 Å². The minimum atomic E-state index is -0.547. The van der Waals surface area contributed by atoms with E-state index in [1.165, 1.54) is 10.8 Å². The fourth-order valence-electron chi connectivity index (χ4n) is 3.89. The molecular formula is C27H21N5O3. The molecule has 8 heteroatoms. The number of carbonyl (C=O) groups is 2. The number of hydrogen-bond donors (Lipinski definition) is 2. The van der Waals surface area contributed by atoms with E-state index in [2.05, 4.69) is 15.8 Å². The van der Waals surface area contributed by atoms with Gasteiger partial charge in [-0.2, -0.15) is 0 Å². The monoisotopic (exact) mass is 463 g/mol. The lowest BCUT2D eigenvalue weighted by Crippen LogP contribution is -2.44. The summed E-state index contributed by atoms with van der Waals surface area (Å²) in [7, 11) is 0. The number of hydrazine groups is 1. The predicted molar refractivity (Wildman–Crippen MR) is 134 cm³/mol. The zero-order valence-corrected chi connectivity index (χ0v) is 18.9. The number of amides is 2. The molecule has 2 amide bonds. The highest BCUT2D eigenvalue weighted by atomic mass is 16.2. The van der Waals surface area contributed by atoms with Gasteiger partial charge in [0.1, 0.15) is 6.54 Å². The van der Waals surface area contributed by atoms with Crippen molar-refractivity contribution in [2.75, 3.05) is 0 Å². The largest absolute Gasteiger partial charge is 0.296 e. The Hall–Kier alpha value is -4.85. The highest BCUT2D eigenvalue weighted by molar-refractivity contribution is 6.07. The Labute approximate surface area is 200 Å². The maximum atomic E-state index is 13.1. The lowest BCUT2D eigenvalue weighted by atomic mass is 10.0. The highest BCUT2D eigenvalue weighted by Crippen LogP contribution is 2.25. The fraction of sp³-hybridized carbons (Fsp3) is 0.0741. The van der Waals surface area contributed by atoms with Gasteiger partial charge in [-0.3, -0.25) is 29.8 Å². The van der Waals surface area contributed by atoms with E-state index in [0.29, 0.717) is 33.2 Å². The molecule has 8 nitrogen and oxygen atoms in total. The van der Waals surface area contributed by atoms with Crippen LogP contribution < -0.4 is 16.4 Å². The second-order valence-electron chi connectivity index (χ2n) is 8.11. The van der Waals surface area contributed by atoms with Crippen molar-refractivity contribution in [3.8, 4) is 11.3 Å². The van der Waals surface area contributed by atoms with Gasteiger partial charge < -0.3 is 0 Å². The summed E-state index contributed by atoms with van der Waals surface area (Å²) < 4.78 is 1.31. The number of aromatic nitrogens is 3. The summed E-state index contributed by atoms with van der Waals surface area (Å²) in [4.78, 5) is 46.8. The van der Waals surface area contributed by atoms with Gasteiger partial charge in [0.05, 0.1) is 34.0 Å². The van der Waals surface area contributed by atoms with Crippen LogP contribution in [0.4, 0.5) is 0 Å². The molecule has 2 heterocycles. The number of fused-ring (bicyclic) bond motifs is 2. The summed E-state index contributed by atoms with van der Waals surface area (Å²) in [6.07, 6.45) is 1.17. The Balaban J connectivity index is 1.39. The van der Waals surface area contributed by atoms with E-state index < -0.39 is 17.4 Å². The van der Waals surface area contributed by atoms with Crippen molar-refractivity contribution in [1.29, 1.82) is 0 Å². The van der Waals surface area contributed by atoms with Crippen molar-refractivity contribution in [3.05, 3.63) is 107 Å². The molecule has 0 unspecified atom stereocenters.